The third-order valence-corrected chi connectivity index (χ3v) is 2.40. The van der Waals surface area contributed by atoms with Gasteiger partial charge in [0.15, 0.2) is 0 Å². The van der Waals surface area contributed by atoms with Gasteiger partial charge in [0.1, 0.15) is 5.75 Å². The van der Waals surface area contributed by atoms with Crippen LogP contribution in [0.2, 0.25) is 0 Å². The number of hydrogen-bond acceptors (Lipinski definition) is 3. The highest BCUT2D eigenvalue weighted by atomic mass is 16.5. The average molecular weight is 250 g/mol. The van der Waals surface area contributed by atoms with Crippen LogP contribution in [0.4, 0.5) is 0 Å². The van der Waals surface area contributed by atoms with Gasteiger partial charge in [-0.2, -0.15) is 0 Å². The summed E-state index contributed by atoms with van der Waals surface area (Å²) in [5.74, 6) is 1.07. The number of primary amides is 1. The first-order chi connectivity index (χ1) is 8.58. The number of nitrogens with one attached hydrogen (secondary N) is 1. The van der Waals surface area contributed by atoms with Crippen LogP contribution in [0.15, 0.2) is 24.3 Å². The maximum Gasteiger partial charge on any atom is 0.220 e. The van der Waals surface area contributed by atoms with E-state index < -0.39 is 0 Å². The molecule has 0 saturated heterocycles. The largest absolute Gasteiger partial charge is 0.493 e. The van der Waals surface area contributed by atoms with Crippen LogP contribution in [-0.4, -0.2) is 19.1 Å². The monoisotopic (exact) mass is 250 g/mol. The maximum atomic E-state index is 10.6. The predicted octanol–water partition coefficient (Wildman–Crippen LogP) is 1.69. The summed E-state index contributed by atoms with van der Waals surface area (Å²) < 4.78 is 5.46. The predicted molar refractivity (Wildman–Crippen MR) is 72.3 cm³/mol. The summed E-state index contributed by atoms with van der Waals surface area (Å²) in [6, 6.07) is 7.86. The summed E-state index contributed by atoms with van der Waals surface area (Å²) in [7, 11) is 0. The molecule has 18 heavy (non-hydrogen) atoms. The van der Waals surface area contributed by atoms with Crippen LogP contribution in [0, 0.1) is 5.92 Å². The van der Waals surface area contributed by atoms with Crippen molar-refractivity contribution in [2.75, 3.05) is 13.2 Å². The molecule has 1 aromatic carbocycles. The van der Waals surface area contributed by atoms with Crippen LogP contribution in [-0.2, 0) is 11.3 Å². The molecule has 3 N–H and O–H groups in total. The third kappa shape index (κ3) is 6.25. The minimum atomic E-state index is -0.343. The smallest absolute Gasteiger partial charge is 0.220 e. The molecule has 0 unspecified atom stereocenters. The van der Waals surface area contributed by atoms with E-state index >= 15 is 0 Å². The molecule has 0 radical (unpaired) electrons. The average Bonchev–Trinajstić information content (AvgIpc) is 2.28. The van der Waals surface area contributed by atoms with Gasteiger partial charge in [0.2, 0.25) is 5.91 Å². The molecule has 0 aliphatic carbocycles. The minimum absolute atomic E-state index is 0.246. The number of hydrogen-bond donors (Lipinski definition) is 2. The van der Waals surface area contributed by atoms with Gasteiger partial charge in [-0.15, -0.1) is 0 Å². The molecular weight excluding hydrogens is 228 g/mol. The Morgan fingerprint density at radius 1 is 1.44 bits per heavy atom. The van der Waals surface area contributed by atoms with Crippen LogP contribution < -0.4 is 15.8 Å². The second kappa shape index (κ2) is 7.71. The number of benzene rings is 1. The summed E-state index contributed by atoms with van der Waals surface area (Å²) in [5, 5.41) is 3.37. The van der Waals surface area contributed by atoms with E-state index in [1.54, 1.807) is 0 Å². The van der Waals surface area contributed by atoms with Crippen LogP contribution in [0.3, 0.4) is 0 Å². The zero-order chi connectivity index (χ0) is 13.4. The summed E-state index contributed by atoms with van der Waals surface area (Å²) in [5.41, 5.74) is 6.22. The van der Waals surface area contributed by atoms with Gasteiger partial charge in [0, 0.05) is 6.54 Å². The van der Waals surface area contributed by atoms with Crippen LogP contribution >= 0.6 is 0 Å². The van der Waals surface area contributed by atoms with Crippen LogP contribution in [0.5, 0.6) is 5.75 Å². The van der Waals surface area contributed by atoms with E-state index in [0.717, 1.165) is 18.8 Å². The summed E-state index contributed by atoms with van der Waals surface area (Å²) in [6.45, 7) is 6.50. The molecule has 0 aromatic heterocycles. The number of amides is 1. The fourth-order valence-corrected chi connectivity index (χ4v) is 1.52. The second-order valence-electron chi connectivity index (χ2n) is 4.74. The van der Waals surface area contributed by atoms with E-state index in [4.69, 9.17) is 10.5 Å². The van der Waals surface area contributed by atoms with Crippen molar-refractivity contribution in [2.24, 2.45) is 11.7 Å². The molecule has 0 heterocycles. The van der Waals surface area contributed by atoms with Crippen LogP contribution in [0.1, 0.15) is 25.8 Å². The van der Waals surface area contributed by atoms with Crippen molar-refractivity contribution >= 4 is 5.91 Å². The number of nitrogens with two attached hydrogens (primary N) is 1. The summed E-state index contributed by atoms with van der Waals surface area (Å²) >= 11 is 0. The Labute approximate surface area is 109 Å². The maximum absolute atomic E-state index is 10.6. The molecule has 0 aliphatic heterocycles. The molecule has 0 aliphatic rings. The Morgan fingerprint density at radius 2 is 2.22 bits per heavy atom. The molecule has 100 valence electrons. The van der Waals surface area contributed by atoms with E-state index in [1.165, 1.54) is 5.56 Å². The first-order valence-corrected chi connectivity index (χ1v) is 6.28. The Bertz CT molecular complexity index is 378. The van der Waals surface area contributed by atoms with Gasteiger partial charge >= 0.3 is 0 Å². The summed E-state index contributed by atoms with van der Waals surface area (Å²) in [6.07, 6.45) is 0.246. The molecule has 0 fully saturated rings. The highest BCUT2D eigenvalue weighted by Crippen LogP contribution is 2.13. The lowest BCUT2D eigenvalue weighted by atomic mass is 10.2. The first-order valence-electron chi connectivity index (χ1n) is 6.28. The quantitative estimate of drug-likeness (QED) is 0.738. The van der Waals surface area contributed by atoms with Gasteiger partial charge in [0.05, 0.1) is 13.0 Å². The molecule has 0 bridgehead atoms. The zero-order valence-corrected chi connectivity index (χ0v) is 11.1. The SMILES string of the molecule is CC(C)CNCc1cccc(OCCC(N)=O)c1. The molecular formula is C14H22N2O2. The van der Waals surface area contributed by atoms with E-state index in [2.05, 4.69) is 19.2 Å². The Kier molecular flexibility index (Phi) is 6.22. The van der Waals surface area contributed by atoms with Crippen molar-refractivity contribution in [3.05, 3.63) is 29.8 Å². The first kappa shape index (κ1) is 14.5. The molecule has 4 heteroatoms. The van der Waals surface area contributed by atoms with E-state index in [-0.39, 0.29) is 12.3 Å². The van der Waals surface area contributed by atoms with Crippen molar-refractivity contribution in [3.63, 3.8) is 0 Å². The zero-order valence-electron chi connectivity index (χ0n) is 11.1. The topological polar surface area (TPSA) is 64.3 Å². The molecule has 1 amide bonds. The Hall–Kier alpha value is -1.55. The third-order valence-electron chi connectivity index (χ3n) is 2.40. The number of ether oxygens (including phenoxy) is 1. The second-order valence-corrected chi connectivity index (χ2v) is 4.74. The number of carbonyl (C=O) groups excluding carboxylic acids is 1. The Morgan fingerprint density at radius 3 is 2.89 bits per heavy atom. The van der Waals surface area contributed by atoms with Crippen molar-refractivity contribution < 1.29 is 9.53 Å². The fourth-order valence-electron chi connectivity index (χ4n) is 1.52. The standard InChI is InChI=1S/C14H22N2O2/c1-11(2)9-16-10-12-4-3-5-13(8-12)18-7-6-14(15)17/h3-5,8,11,16H,6-7,9-10H2,1-2H3,(H2,15,17). The van der Waals surface area contributed by atoms with Gasteiger partial charge in [-0.3, -0.25) is 4.79 Å². The van der Waals surface area contributed by atoms with Crippen molar-refractivity contribution in [2.45, 2.75) is 26.8 Å². The minimum Gasteiger partial charge on any atom is -0.493 e. The van der Waals surface area contributed by atoms with Crippen LogP contribution in [0.25, 0.3) is 0 Å². The molecule has 1 aromatic rings. The lowest BCUT2D eigenvalue weighted by Crippen LogP contribution is -2.19. The fraction of sp³-hybridized carbons (Fsp3) is 0.500. The molecule has 0 spiro atoms. The van der Waals surface area contributed by atoms with Gasteiger partial charge in [-0.25, -0.2) is 0 Å². The molecule has 4 nitrogen and oxygen atoms in total. The lowest BCUT2D eigenvalue weighted by Gasteiger charge is -2.09. The van der Waals surface area contributed by atoms with Gasteiger partial charge < -0.3 is 15.8 Å². The van der Waals surface area contributed by atoms with Gasteiger partial charge in [-0.05, 0) is 30.2 Å². The van der Waals surface area contributed by atoms with Gasteiger partial charge in [-0.1, -0.05) is 26.0 Å². The highest BCUT2D eigenvalue weighted by Gasteiger charge is 1.99. The normalized spacial score (nSPS) is 10.6. The molecule has 0 saturated carbocycles. The number of carbonyl (C=O) groups is 1. The Balaban J connectivity index is 2.39. The lowest BCUT2D eigenvalue weighted by molar-refractivity contribution is -0.118. The van der Waals surface area contributed by atoms with Gasteiger partial charge in [0.25, 0.3) is 0 Å². The van der Waals surface area contributed by atoms with E-state index in [9.17, 15) is 4.79 Å². The van der Waals surface area contributed by atoms with Crippen molar-refractivity contribution in [1.82, 2.24) is 5.32 Å². The highest BCUT2D eigenvalue weighted by molar-refractivity contribution is 5.73. The van der Waals surface area contributed by atoms with E-state index in [1.807, 2.05) is 24.3 Å². The summed E-state index contributed by atoms with van der Waals surface area (Å²) in [4.78, 5) is 10.6. The van der Waals surface area contributed by atoms with Crippen molar-refractivity contribution in [3.8, 4) is 5.75 Å². The van der Waals surface area contributed by atoms with Crippen molar-refractivity contribution in [1.29, 1.82) is 0 Å². The molecule has 1 rings (SSSR count). The molecule has 0 atom stereocenters. The number of rotatable bonds is 8. The van der Waals surface area contributed by atoms with E-state index in [0.29, 0.717) is 12.5 Å².